The van der Waals surface area contributed by atoms with Crippen LogP contribution in [0.3, 0.4) is 0 Å². The highest BCUT2D eigenvalue weighted by Gasteiger charge is 2.13. The van der Waals surface area contributed by atoms with Gasteiger partial charge in [-0.3, -0.25) is 4.79 Å². The molecule has 1 aromatic carbocycles. The molecule has 0 aliphatic heterocycles. The van der Waals surface area contributed by atoms with Crippen molar-refractivity contribution in [3.63, 3.8) is 0 Å². The van der Waals surface area contributed by atoms with E-state index >= 15 is 0 Å². The van der Waals surface area contributed by atoms with E-state index in [1.54, 1.807) is 6.07 Å². The number of aryl methyl sites for hydroxylation is 2. The quantitative estimate of drug-likeness (QED) is 0.850. The molecule has 0 unspecified atom stereocenters. The molecule has 0 saturated heterocycles. The minimum atomic E-state index is -0.602. The van der Waals surface area contributed by atoms with Crippen LogP contribution in [0.1, 0.15) is 21.5 Å². The summed E-state index contributed by atoms with van der Waals surface area (Å²) in [4.78, 5) is 15.6. The molecule has 1 heterocycles. The molecular formula is C14H12ClFN2O. The molecule has 2 rings (SSSR count). The Morgan fingerprint density at radius 2 is 2.00 bits per heavy atom. The van der Waals surface area contributed by atoms with Gasteiger partial charge in [0.1, 0.15) is 11.0 Å². The molecule has 0 aliphatic carbocycles. The molecule has 1 amide bonds. The standard InChI is InChI=1S/C14H12ClFN2O/c1-8-3-4-11(5-9(8)2)18-14(19)12-6-10(16)7-17-13(12)15/h3-7H,1-2H3,(H,18,19). The maximum absolute atomic E-state index is 13.1. The Labute approximate surface area is 115 Å². The molecule has 1 aromatic heterocycles. The maximum atomic E-state index is 13.1. The van der Waals surface area contributed by atoms with E-state index in [0.29, 0.717) is 5.69 Å². The molecule has 0 spiro atoms. The molecule has 5 heteroatoms. The van der Waals surface area contributed by atoms with Crippen LogP contribution in [0, 0.1) is 19.7 Å². The van der Waals surface area contributed by atoms with Crippen LogP contribution in [-0.4, -0.2) is 10.9 Å². The SMILES string of the molecule is Cc1ccc(NC(=O)c2cc(F)cnc2Cl)cc1C. The highest BCUT2D eigenvalue weighted by atomic mass is 35.5. The molecule has 0 radical (unpaired) electrons. The number of anilines is 1. The lowest BCUT2D eigenvalue weighted by Gasteiger charge is -2.08. The van der Waals surface area contributed by atoms with Crippen molar-refractivity contribution >= 4 is 23.2 Å². The van der Waals surface area contributed by atoms with E-state index in [-0.39, 0.29) is 10.7 Å². The van der Waals surface area contributed by atoms with Crippen molar-refractivity contribution in [1.29, 1.82) is 0 Å². The minimum Gasteiger partial charge on any atom is -0.322 e. The number of nitrogens with one attached hydrogen (secondary N) is 1. The molecule has 2 aromatic rings. The van der Waals surface area contributed by atoms with E-state index in [4.69, 9.17) is 11.6 Å². The Morgan fingerprint density at radius 3 is 2.68 bits per heavy atom. The van der Waals surface area contributed by atoms with Gasteiger partial charge in [-0.05, 0) is 43.2 Å². The monoisotopic (exact) mass is 278 g/mol. The second kappa shape index (κ2) is 5.36. The topological polar surface area (TPSA) is 42.0 Å². The molecule has 0 bridgehead atoms. The summed E-state index contributed by atoms with van der Waals surface area (Å²) in [5.74, 6) is -1.09. The van der Waals surface area contributed by atoms with Gasteiger partial charge in [0.15, 0.2) is 0 Å². The summed E-state index contributed by atoms with van der Waals surface area (Å²) in [6.45, 7) is 3.93. The third-order valence-electron chi connectivity index (χ3n) is 2.82. The number of nitrogens with zero attached hydrogens (tertiary/aromatic N) is 1. The van der Waals surface area contributed by atoms with Crippen LogP contribution in [0.2, 0.25) is 5.15 Å². The summed E-state index contributed by atoms with van der Waals surface area (Å²) in [7, 11) is 0. The van der Waals surface area contributed by atoms with Crippen LogP contribution >= 0.6 is 11.6 Å². The van der Waals surface area contributed by atoms with Crippen LogP contribution < -0.4 is 5.32 Å². The maximum Gasteiger partial charge on any atom is 0.258 e. The van der Waals surface area contributed by atoms with Crippen molar-refractivity contribution in [2.75, 3.05) is 5.32 Å². The van der Waals surface area contributed by atoms with Gasteiger partial charge in [-0.1, -0.05) is 17.7 Å². The van der Waals surface area contributed by atoms with Gasteiger partial charge in [0, 0.05) is 5.69 Å². The van der Waals surface area contributed by atoms with E-state index in [1.165, 1.54) is 0 Å². The molecule has 98 valence electrons. The third kappa shape index (κ3) is 3.09. The van der Waals surface area contributed by atoms with Gasteiger partial charge in [-0.2, -0.15) is 0 Å². The van der Waals surface area contributed by atoms with Gasteiger partial charge in [0.25, 0.3) is 5.91 Å². The van der Waals surface area contributed by atoms with Crippen molar-refractivity contribution < 1.29 is 9.18 Å². The predicted molar refractivity (Wildman–Crippen MR) is 73.1 cm³/mol. The Bertz CT molecular complexity index is 643. The normalized spacial score (nSPS) is 10.3. The van der Waals surface area contributed by atoms with Crippen molar-refractivity contribution in [3.8, 4) is 0 Å². The summed E-state index contributed by atoms with van der Waals surface area (Å²) < 4.78 is 13.1. The predicted octanol–water partition coefficient (Wildman–Crippen LogP) is 3.74. The summed E-state index contributed by atoms with van der Waals surface area (Å²) in [6, 6.07) is 6.58. The molecule has 19 heavy (non-hydrogen) atoms. The zero-order chi connectivity index (χ0) is 14.0. The average Bonchev–Trinajstić information content (AvgIpc) is 2.36. The molecule has 0 saturated carbocycles. The van der Waals surface area contributed by atoms with E-state index in [1.807, 2.05) is 26.0 Å². The molecular weight excluding hydrogens is 267 g/mol. The first kappa shape index (κ1) is 13.5. The number of pyridine rings is 1. The highest BCUT2D eigenvalue weighted by molar-refractivity contribution is 6.33. The number of amides is 1. The number of hydrogen-bond acceptors (Lipinski definition) is 2. The summed E-state index contributed by atoms with van der Waals surface area (Å²) in [5, 5.41) is 2.64. The van der Waals surface area contributed by atoms with Gasteiger partial charge in [0.05, 0.1) is 11.8 Å². The molecule has 1 N–H and O–H groups in total. The molecule has 0 aliphatic rings. The van der Waals surface area contributed by atoms with Crippen molar-refractivity contribution in [2.24, 2.45) is 0 Å². The first-order chi connectivity index (χ1) is 8.97. The zero-order valence-electron chi connectivity index (χ0n) is 10.5. The fraction of sp³-hybridized carbons (Fsp3) is 0.143. The van der Waals surface area contributed by atoms with Crippen LogP contribution in [0.15, 0.2) is 30.5 Å². The van der Waals surface area contributed by atoms with Gasteiger partial charge in [-0.15, -0.1) is 0 Å². The van der Waals surface area contributed by atoms with E-state index in [0.717, 1.165) is 23.4 Å². The van der Waals surface area contributed by atoms with Crippen LogP contribution in [0.4, 0.5) is 10.1 Å². The van der Waals surface area contributed by atoms with Gasteiger partial charge in [0.2, 0.25) is 0 Å². The smallest absolute Gasteiger partial charge is 0.258 e. The summed E-state index contributed by atoms with van der Waals surface area (Å²) in [5.41, 5.74) is 2.83. The first-order valence-corrected chi connectivity index (χ1v) is 6.05. The number of benzene rings is 1. The van der Waals surface area contributed by atoms with Gasteiger partial charge < -0.3 is 5.32 Å². The zero-order valence-corrected chi connectivity index (χ0v) is 11.3. The minimum absolute atomic E-state index is 0.0138. The van der Waals surface area contributed by atoms with E-state index in [9.17, 15) is 9.18 Å². The number of halogens is 2. The van der Waals surface area contributed by atoms with Gasteiger partial charge >= 0.3 is 0 Å². The largest absolute Gasteiger partial charge is 0.322 e. The van der Waals surface area contributed by atoms with E-state index in [2.05, 4.69) is 10.3 Å². The number of rotatable bonds is 2. The lowest BCUT2D eigenvalue weighted by atomic mass is 10.1. The van der Waals surface area contributed by atoms with E-state index < -0.39 is 11.7 Å². The fourth-order valence-corrected chi connectivity index (χ4v) is 1.79. The fourth-order valence-electron chi connectivity index (χ4n) is 1.60. The Morgan fingerprint density at radius 1 is 1.26 bits per heavy atom. The summed E-state index contributed by atoms with van der Waals surface area (Å²) in [6.07, 6.45) is 0.967. The van der Waals surface area contributed by atoms with Crippen LogP contribution in [-0.2, 0) is 0 Å². The third-order valence-corrected chi connectivity index (χ3v) is 3.12. The van der Waals surface area contributed by atoms with Gasteiger partial charge in [-0.25, -0.2) is 9.37 Å². The van der Waals surface area contributed by atoms with Crippen LogP contribution in [0.5, 0.6) is 0 Å². The molecule has 0 fully saturated rings. The lowest BCUT2D eigenvalue weighted by Crippen LogP contribution is -2.13. The van der Waals surface area contributed by atoms with Crippen molar-refractivity contribution in [2.45, 2.75) is 13.8 Å². The highest BCUT2D eigenvalue weighted by Crippen LogP contribution is 2.18. The molecule has 3 nitrogen and oxygen atoms in total. The Hall–Kier alpha value is -1.94. The average molecular weight is 279 g/mol. The number of aromatic nitrogens is 1. The number of carbonyl (C=O) groups excluding carboxylic acids is 1. The number of hydrogen-bond donors (Lipinski definition) is 1. The summed E-state index contributed by atoms with van der Waals surface area (Å²) >= 11 is 5.78. The first-order valence-electron chi connectivity index (χ1n) is 5.67. The Kier molecular flexibility index (Phi) is 3.81. The Balaban J connectivity index is 2.25. The lowest BCUT2D eigenvalue weighted by molar-refractivity contribution is 0.102. The van der Waals surface area contributed by atoms with Crippen molar-refractivity contribution in [3.05, 3.63) is 58.1 Å². The van der Waals surface area contributed by atoms with Crippen LogP contribution in [0.25, 0.3) is 0 Å². The van der Waals surface area contributed by atoms with Crippen molar-refractivity contribution in [1.82, 2.24) is 4.98 Å². The molecule has 0 atom stereocenters. The second-order valence-corrected chi connectivity index (χ2v) is 4.60. The second-order valence-electron chi connectivity index (χ2n) is 4.25. The number of carbonyl (C=O) groups is 1.